The van der Waals surface area contributed by atoms with Crippen LogP contribution in [0.25, 0.3) is 0 Å². The average molecular weight is 507 g/mol. The normalized spacial score (nSPS) is 22.7. The second-order valence-electron chi connectivity index (χ2n) is 7.34. The van der Waals surface area contributed by atoms with Crippen LogP contribution in [0.3, 0.4) is 0 Å². The number of aliphatic imine (C=N–C) groups is 1. The van der Waals surface area contributed by atoms with Crippen molar-refractivity contribution < 1.29 is 13.5 Å². The molecule has 1 unspecified atom stereocenters. The Kier molecular flexibility index (Phi) is 7.94. The van der Waals surface area contributed by atoms with Crippen LogP contribution in [0.4, 0.5) is 0 Å². The lowest BCUT2D eigenvalue weighted by Crippen LogP contribution is -2.60. The predicted molar refractivity (Wildman–Crippen MR) is 119 cm³/mol. The van der Waals surface area contributed by atoms with Crippen LogP contribution < -0.4 is 5.32 Å². The van der Waals surface area contributed by atoms with Gasteiger partial charge in [0, 0.05) is 26.7 Å². The first-order chi connectivity index (χ1) is 12.5. The molecule has 2 aliphatic rings. The topological polar surface area (TPSA) is 82.0 Å². The molecule has 1 heterocycles. The van der Waals surface area contributed by atoms with Gasteiger partial charge in [0.05, 0.1) is 16.6 Å². The number of aliphatic hydroxyl groups excluding tert-OH is 1. The summed E-state index contributed by atoms with van der Waals surface area (Å²) in [5.41, 5.74) is 0.848. The van der Waals surface area contributed by atoms with Crippen molar-refractivity contribution >= 4 is 39.8 Å². The fraction of sp³-hybridized carbons (Fsp3) is 0.632. The van der Waals surface area contributed by atoms with Gasteiger partial charge in [0.1, 0.15) is 0 Å². The first-order valence-corrected chi connectivity index (χ1v) is 11.0. The SMILES string of the molecule is CN=C(NCC(O)c1ccccc1)N1CCS(=O)(=O)C2(CCCCC2)C1.I. The van der Waals surface area contributed by atoms with Crippen molar-refractivity contribution in [2.75, 3.05) is 32.4 Å². The molecule has 1 aliphatic heterocycles. The fourth-order valence-electron chi connectivity index (χ4n) is 4.13. The van der Waals surface area contributed by atoms with E-state index in [9.17, 15) is 13.5 Å². The molecular formula is C19H30IN3O3S. The lowest BCUT2D eigenvalue weighted by atomic mass is 9.87. The summed E-state index contributed by atoms with van der Waals surface area (Å²) in [6.07, 6.45) is 3.93. The maximum Gasteiger partial charge on any atom is 0.193 e. The molecular weight excluding hydrogens is 477 g/mol. The maximum atomic E-state index is 12.7. The van der Waals surface area contributed by atoms with Gasteiger partial charge in [0.2, 0.25) is 0 Å². The highest BCUT2D eigenvalue weighted by Gasteiger charge is 2.48. The molecule has 0 radical (unpaired) electrons. The molecule has 6 nitrogen and oxygen atoms in total. The van der Waals surface area contributed by atoms with Crippen LogP contribution in [0.1, 0.15) is 43.8 Å². The molecule has 1 aliphatic carbocycles. The molecule has 1 spiro atoms. The Labute approximate surface area is 179 Å². The third-order valence-corrected chi connectivity index (χ3v) is 8.26. The Hall–Kier alpha value is -0.870. The minimum atomic E-state index is -3.07. The summed E-state index contributed by atoms with van der Waals surface area (Å²) in [5, 5.41) is 13.6. The van der Waals surface area contributed by atoms with Crippen molar-refractivity contribution in [1.82, 2.24) is 10.2 Å². The van der Waals surface area contributed by atoms with Gasteiger partial charge in [-0.1, -0.05) is 49.6 Å². The van der Waals surface area contributed by atoms with E-state index in [0.717, 1.165) is 37.7 Å². The second-order valence-corrected chi connectivity index (χ2v) is 9.84. The number of benzene rings is 1. The Morgan fingerprint density at radius 3 is 2.56 bits per heavy atom. The van der Waals surface area contributed by atoms with Crippen LogP contribution >= 0.6 is 24.0 Å². The number of halogens is 1. The molecule has 1 aromatic carbocycles. The molecule has 0 bridgehead atoms. The minimum absolute atomic E-state index is 0. The monoisotopic (exact) mass is 507 g/mol. The summed E-state index contributed by atoms with van der Waals surface area (Å²) in [5.74, 6) is 0.842. The van der Waals surface area contributed by atoms with Crippen LogP contribution in [0.2, 0.25) is 0 Å². The fourth-order valence-corrected chi connectivity index (χ4v) is 6.29. The standard InChI is InChI=1S/C19H29N3O3S.HI/c1-20-18(21-14-17(23)16-8-4-2-5-9-16)22-12-13-26(24,25)19(15-22)10-6-3-7-11-19;/h2,4-5,8-9,17,23H,3,6-7,10-15H2,1H3,(H,20,21);1H. The van der Waals surface area contributed by atoms with Crippen molar-refractivity contribution in [2.45, 2.75) is 43.0 Å². The molecule has 0 amide bonds. The summed E-state index contributed by atoms with van der Waals surface area (Å²) in [6.45, 7) is 1.29. The first kappa shape index (κ1) is 22.4. The molecule has 2 N–H and O–H groups in total. The molecule has 3 rings (SSSR count). The highest BCUT2D eigenvalue weighted by atomic mass is 127. The van der Waals surface area contributed by atoms with E-state index in [1.54, 1.807) is 7.05 Å². The number of hydrogen-bond donors (Lipinski definition) is 2. The minimum Gasteiger partial charge on any atom is -0.387 e. The number of hydrogen-bond acceptors (Lipinski definition) is 4. The lowest BCUT2D eigenvalue weighted by molar-refractivity contribution is 0.178. The van der Waals surface area contributed by atoms with Crippen LogP contribution in [-0.4, -0.2) is 61.6 Å². The summed E-state index contributed by atoms with van der Waals surface area (Å²) in [4.78, 5) is 6.37. The van der Waals surface area contributed by atoms with E-state index in [2.05, 4.69) is 10.3 Å². The second kappa shape index (κ2) is 9.56. The zero-order valence-corrected chi connectivity index (χ0v) is 18.9. The summed E-state index contributed by atoms with van der Waals surface area (Å²) < 4.78 is 24.9. The summed E-state index contributed by atoms with van der Waals surface area (Å²) in [6, 6.07) is 9.49. The molecule has 1 aromatic rings. The van der Waals surface area contributed by atoms with Crippen molar-refractivity contribution in [2.24, 2.45) is 4.99 Å². The third-order valence-electron chi connectivity index (χ3n) is 5.68. The van der Waals surface area contributed by atoms with E-state index in [1.165, 1.54) is 0 Å². The van der Waals surface area contributed by atoms with Crippen LogP contribution in [0.15, 0.2) is 35.3 Å². The Morgan fingerprint density at radius 2 is 1.93 bits per heavy atom. The molecule has 1 saturated carbocycles. The van der Waals surface area contributed by atoms with Crippen molar-refractivity contribution in [3.8, 4) is 0 Å². The number of nitrogens with zero attached hydrogens (tertiary/aromatic N) is 2. The van der Waals surface area contributed by atoms with E-state index < -0.39 is 20.7 Å². The number of sulfone groups is 1. The van der Waals surface area contributed by atoms with E-state index in [4.69, 9.17) is 0 Å². The lowest BCUT2D eigenvalue weighted by Gasteiger charge is -2.45. The van der Waals surface area contributed by atoms with Gasteiger partial charge in [-0.3, -0.25) is 4.99 Å². The molecule has 1 saturated heterocycles. The van der Waals surface area contributed by atoms with E-state index in [0.29, 0.717) is 25.6 Å². The van der Waals surface area contributed by atoms with Gasteiger partial charge >= 0.3 is 0 Å². The predicted octanol–water partition coefficient (Wildman–Crippen LogP) is 2.35. The molecule has 1 atom stereocenters. The highest BCUT2D eigenvalue weighted by molar-refractivity contribution is 14.0. The Morgan fingerprint density at radius 1 is 1.26 bits per heavy atom. The van der Waals surface area contributed by atoms with Gasteiger partial charge in [-0.2, -0.15) is 0 Å². The highest BCUT2D eigenvalue weighted by Crippen LogP contribution is 2.38. The van der Waals surface area contributed by atoms with Gasteiger partial charge in [0.15, 0.2) is 15.8 Å². The third kappa shape index (κ3) is 4.95. The largest absolute Gasteiger partial charge is 0.387 e. The van der Waals surface area contributed by atoms with Gasteiger partial charge in [-0.05, 0) is 18.4 Å². The van der Waals surface area contributed by atoms with Crippen LogP contribution in [-0.2, 0) is 9.84 Å². The van der Waals surface area contributed by atoms with E-state index in [1.807, 2.05) is 35.2 Å². The molecule has 2 fully saturated rings. The Bertz CT molecular complexity index is 734. The van der Waals surface area contributed by atoms with Crippen LogP contribution in [0.5, 0.6) is 0 Å². The number of guanidine groups is 1. The molecule has 8 heteroatoms. The summed E-state index contributed by atoms with van der Waals surface area (Å²) in [7, 11) is -1.37. The smallest absolute Gasteiger partial charge is 0.193 e. The van der Waals surface area contributed by atoms with Gasteiger partial charge in [-0.25, -0.2) is 8.42 Å². The zero-order valence-electron chi connectivity index (χ0n) is 15.8. The van der Waals surface area contributed by atoms with Gasteiger partial charge < -0.3 is 15.3 Å². The van der Waals surface area contributed by atoms with Crippen molar-refractivity contribution in [1.29, 1.82) is 0 Å². The first-order valence-electron chi connectivity index (χ1n) is 9.38. The average Bonchev–Trinajstić information content (AvgIpc) is 2.66. The maximum absolute atomic E-state index is 12.7. The number of aliphatic hydroxyl groups is 1. The van der Waals surface area contributed by atoms with E-state index in [-0.39, 0.29) is 29.7 Å². The van der Waals surface area contributed by atoms with E-state index >= 15 is 0 Å². The summed E-state index contributed by atoms with van der Waals surface area (Å²) >= 11 is 0. The molecule has 27 heavy (non-hydrogen) atoms. The number of nitrogens with one attached hydrogen (secondary N) is 1. The zero-order chi connectivity index (χ0) is 18.6. The van der Waals surface area contributed by atoms with Gasteiger partial charge in [0.25, 0.3) is 0 Å². The van der Waals surface area contributed by atoms with Gasteiger partial charge in [-0.15, -0.1) is 24.0 Å². The van der Waals surface area contributed by atoms with Crippen molar-refractivity contribution in [3.63, 3.8) is 0 Å². The van der Waals surface area contributed by atoms with Crippen LogP contribution in [0, 0.1) is 0 Å². The number of rotatable bonds is 3. The Balaban J connectivity index is 0.00000261. The quantitative estimate of drug-likeness (QED) is 0.373. The molecule has 0 aromatic heterocycles. The molecule has 152 valence electrons. The van der Waals surface area contributed by atoms with Crippen molar-refractivity contribution in [3.05, 3.63) is 35.9 Å².